The second kappa shape index (κ2) is 6.72. The number of hydrogen-bond donors (Lipinski definition) is 1. The number of pyridine rings is 1. The second-order valence-corrected chi connectivity index (χ2v) is 9.98. The van der Waals surface area contributed by atoms with E-state index in [1.165, 1.54) is 0 Å². The minimum Gasteiger partial charge on any atom is -0.329 e. The highest BCUT2D eigenvalue weighted by atomic mass is 35.5. The van der Waals surface area contributed by atoms with Gasteiger partial charge in [-0.3, -0.25) is 0 Å². The van der Waals surface area contributed by atoms with Crippen LogP contribution in [0.3, 0.4) is 0 Å². The van der Waals surface area contributed by atoms with Gasteiger partial charge in [0, 0.05) is 30.0 Å². The van der Waals surface area contributed by atoms with E-state index in [-0.39, 0.29) is 10.3 Å². The molecule has 0 amide bonds. The van der Waals surface area contributed by atoms with E-state index in [0.717, 1.165) is 48.4 Å². The second-order valence-electron chi connectivity index (χ2n) is 6.32. The SMILES string of the molecule is O=S(=O)(NC1CCC(n2cccc3ccnc2-3)CC1)c1ccc(Cl)s1. The summed E-state index contributed by atoms with van der Waals surface area (Å²) in [4.78, 5) is 4.45. The molecule has 0 atom stereocenters. The predicted molar refractivity (Wildman–Crippen MR) is 99.8 cm³/mol. The van der Waals surface area contributed by atoms with Crippen molar-refractivity contribution in [2.75, 3.05) is 0 Å². The van der Waals surface area contributed by atoms with E-state index in [9.17, 15) is 8.42 Å². The van der Waals surface area contributed by atoms with Crippen molar-refractivity contribution in [1.82, 2.24) is 14.3 Å². The molecule has 1 N–H and O–H groups in total. The Morgan fingerprint density at radius 1 is 1.16 bits per heavy atom. The van der Waals surface area contributed by atoms with Gasteiger partial charge in [0.1, 0.15) is 10.0 Å². The van der Waals surface area contributed by atoms with Crippen LogP contribution in [0, 0.1) is 0 Å². The van der Waals surface area contributed by atoms with Crippen molar-refractivity contribution in [3.63, 3.8) is 0 Å². The first-order valence-electron chi connectivity index (χ1n) is 8.22. The summed E-state index contributed by atoms with van der Waals surface area (Å²) in [6.45, 7) is 0. The Bertz CT molecular complexity index is 942. The van der Waals surface area contributed by atoms with E-state index in [2.05, 4.69) is 26.5 Å². The fourth-order valence-electron chi connectivity index (χ4n) is 3.48. The van der Waals surface area contributed by atoms with E-state index >= 15 is 0 Å². The molecule has 2 aliphatic heterocycles. The summed E-state index contributed by atoms with van der Waals surface area (Å²) in [5.74, 6) is 1.000. The highest BCUT2D eigenvalue weighted by molar-refractivity contribution is 7.91. The lowest BCUT2D eigenvalue weighted by atomic mass is 9.91. The van der Waals surface area contributed by atoms with Crippen molar-refractivity contribution >= 4 is 33.0 Å². The Labute approximate surface area is 156 Å². The molecule has 0 aromatic carbocycles. The minimum absolute atomic E-state index is 0.0328. The van der Waals surface area contributed by atoms with Gasteiger partial charge in [0.25, 0.3) is 0 Å². The van der Waals surface area contributed by atoms with Crippen LogP contribution < -0.4 is 4.72 Å². The normalized spacial score (nSPS) is 21.6. The Morgan fingerprint density at radius 3 is 2.68 bits per heavy atom. The Hall–Kier alpha value is -1.41. The highest BCUT2D eigenvalue weighted by Gasteiger charge is 2.28. The fraction of sp³-hybridized carbons (Fsp3) is 0.353. The highest BCUT2D eigenvalue weighted by Crippen LogP contribution is 2.33. The molecule has 3 heterocycles. The molecular weight excluding hydrogens is 378 g/mol. The van der Waals surface area contributed by atoms with E-state index in [1.54, 1.807) is 12.1 Å². The van der Waals surface area contributed by atoms with Gasteiger partial charge in [-0.25, -0.2) is 18.1 Å². The molecule has 0 bridgehead atoms. The van der Waals surface area contributed by atoms with Crippen molar-refractivity contribution in [1.29, 1.82) is 0 Å². The summed E-state index contributed by atoms with van der Waals surface area (Å²) >= 11 is 6.94. The molecule has 0 radical (unpaired) electrons. The molecule has 8 heteroatoms. The molecule has 3 aliphatic rings. The summed E-state index contributed by atoms with van der Waals surface area (Å²) in [7, 11) is -3.48. The monoisotopic (exact) mass is 395 g/mol. The molecule has 132 valence electrons. The maximum absolute atomic E-state index is 12.4. The van der Waals surface area contributed by atoms with Crippen LogP contribution in [0.5, 0.6) is 0 Å². The number of nitrogens with one attached hydrogen (secondary N) is 1. The van der Waals surface area contributed by atoms with Crippen LogP contribution >= 0.6 is 22.9 Å². The summed E-state index contributed by atoms with van der Waals surface area (Å²) in [5, 5.41) is 0. The smallest absolute Gasteiger partial charge is 0.250 e. The molecule has 25 heavy (non-hydrogen) atoms. The summed E-state index contributed by atoms with van der Waals surface area (Å²) in [6.07, 6.45) is 7.37. The van der Waals surface area contributed by atoms with Crippen LogP contribution in [0.1, 0.15) is 31.7 Å². The average Bonchev–Trinajstić information content (AvgIpc) is 3.24. The van der Waals surface area contributed by atoms with E-state index in [0.29, 0.717) is 10.4 Å². The molecule has 5 nitrogen and oxygen atoms in total. The van der Waals surface area contributed by atoms with Crippen LogP contribution in [0.15, 0.2) is 46.9 Å². The number of aromatic nitrogens is 2. The van der Waals surface area contributed by atoms with Gasteiger partial charge in [-0.05, 0) is 56.0 Å². The fourth-order valence-corrected chi connectivity index (χ4v) is 6.28. The Kier molecular flexibility index (Phi) is 4.58. The topological polar surface area (TPSA) is 64.0 Å². The largest absolute Gasteiger partial charge is 0.329 e. The minimum atomic E-state index is -3.48. The molecule has 1 saturated carbocycles. The average molecular weight is 396 g/mol. The zero-order valence-corrected chi connectivity index (χ0v) is 15.8. The molecule has 1 fully saturated rings. The summed E-state index contributed by atoms with van der Waals surface area (Å²) in [5.41, 5.74) is 1.14. The number of fused-ring (bicyclic) bond motifs is 1. The lowest BCUT2D eigenvalue weighted by Gasteiger charge is -2.31. The first-order chi connectivity index (χ1) is 12.0. The van der Waals surface area contributed by atoms with E-state index in [4.69, 9.17) is 11.6 Å². The third kappa shape index (κ3) is 3.46. The molecule has 0 spiro atoms. The van der Waals surface area contributed by atoms with Crippen molar-refractivity contribution < 1.29 is 8.42 Å². The molecule has 1 aromatic rings. The standard InChI is InChI=1S/C17H18ClN3O2S2/c18-15-7-8-16(24-15)25(22,23)20-13-3-5-14(6-4-13)21-11-1-2-12-9-10-19-17(12)21/h1-2,7-11,13-14,20H,3-6H2. The van der Waals surface area contributed by atoms with Gasteiger partial charge in [-0.15, -0.1) is 11.3 Å². The third-order valence-electron chi connectivity index (χ3n) is 4.70. The van der Waals surface area contributed by atoms with Gasteiger partial charge >= 0.3 is 0 Å². The van der Waals surface area contributed by atoms with Crippen molar-refractivity contribution in [3.05, 3.63) is 47.1 Å². The quantitative estimate of drug-likeness (QED) is 0.721. The van der Waals surface area contributed by atoms with Crippen LogP contribution in [0.25, 0.3) is 11.4 Å². The predicted octanol–water partition coefficient (Wildman–Crippen LogP) is 4.17. The number of nitrogens with zero attached hydrogens (tertiary/aromatic N) is 2. The van der Waals surface area contributed by atoms with Gasteiger partial charge in [0.15, 0.2) is 0 Å². The lowest BCUT2D eigenvalue weighted by molar-refractivity contribution is 0.311. The number of thiophene rings is 1. The van der Waals surface area contributed by atoms with Crippen molar-refractivity contribution in [2.24, 2.45) is 0 Å². The molecular formula is C17H18ClN3O2S2. The maximum atomic E-state index is 12.4. The Morgan fingerprint density at radius 2 is 1.96 bits per heavy atom. The third-order valence-corrected chi connectivity index (χ3v) is 7.94. The van der Waals surface area contributed by atoms with Gasteiger partial charge in [0.2, 0.25) is 10.0 Å². The summed E-state index contributed by atoms with van der Waals surface area (Å²) in [6, 6.07) is 9.60. The van der Waals surface area contributed by atoms with Gasteiger partial charge < -0.3 is 4.57 Å². The van der Waals surface area contributed by atoms with E-state index < -0.39 is 10.0 Å². The van der Waals surface area contributed by atoms with E-state index in [1.807, 2.05) is 18.3 Å². The summed E-state index contributed by atoms with van der Waals surface area (Å²) < 4.78 is 30.7. The van der Waals surface area contributed by atoms with Crippen molar-refractivity contribution in [3.8, 4) is 11.4 Å². The molecule has 0 saturated heterocycles. The van der Waals surface area contributed by atoms with Gasteiger partial charge in [-0.2, -0.15) is 0 Å². The number of rotatable bonds is 4. The Balaban J connectivity index is 1.43. The zero-order valence-electron chi connectivity index (χ0n) is 13.4. The molecule has 0 unspecified atom stereocenters. The maximum Gasteiger partial charge on any atom is 0.250 e. The van der Waals surface area contributed by atoms with Gasteiger partial charge in [0.05, 0.1) is 4.34 Å². The van der Waals surface area contributed by atoms with Crippen LogP contribution in [-0.2, 0) is 10.0 Å². The van der Waals surface area contributed by atoms with Crippen LogP contribution in [0.2, 0.25) is 4.34 Å². The first kappa shape index (κ1) is 17.0. The van der Waals surface area contributed by atoms with Crippen LogP contribution in [0.4, 0.5) is 0 Å². The number of hydrogen-bond acceptors (Lipinski definition) is 4. The molecule has 1 aliphatic carbocycles. The molecule has 4 rings (SSSR count). The zero-order chi connectivity index (χ0) is 17.4. The van der Waals surface area contributed by atoms with Gasteiger partial charge in [-0.1, -0.05) is 11.6 Å². The first-order valence-corrected chi connectivity index (χ1v) is 10.9. The van der Waals surface area contributed by atoms with Crippen molar-refractivity contribution in [2.45, 2.75) is 42.0 Å². The molecule has 1 aromatic heterocycles. The number of halogens is 1. The lowest BCUT2D eigenvalue weighted by Crippen LogP contribution is -2.37. The number of sulfonamides is 1. The van der Waals surface area contributed by atoms with Crippen LogP contribution in [-0.4, -0.2) is 24.0 Å².